The zero-order valence-electron chi connectivity index (χ0n) is 19.4. The second kappa shape index (κ2) is 6.68. The number of carbonyl (C=O) groups excluding carboxylic acids is 1. The molecule has 1 heterocycles. The molecule has 1 aromatic heterocycles. The molecule has 0 aliphatic heterocycles. The highest BCUT2D eigenvalue weighted by molar-refractivity contribution is 5.66. The van der Waals surface area contributed by atoms with Crippen LogP contribution < -0.4 is 0 Å². The lowest BCUT2D eigenvalue weighted by Gasteiger charge is -2.58. The minimum Gasteiger partial charge on any atom is -0.462 e. The van der Waals surface area contributed by atoms with Crippen LogP contribution in [0, 0.1) is 34.0 Å². The van der Waals surface area contributed by atoms with E-state index in [-0.39, 0.29) is 12.1 Å². The van der Waals surface area contributed by atoms with Crippen molar-refractivity contribution in [1.29, 1.82) is 0 Å². The Labute approximate surface area is 187 Å². The third kappa shape index (κ3) is 2.70. The number of hydrogen-bond acceptors (Lipinski definition) is 3. The zero-order valence-corrected chi connectivity index (χ0v) is 19.4. The Kier molecular flexibility index (Phi) is 4.31. The SMILES string of the molecule is CC(=O)O[C@H]1CC[C@@]2(C)C(=CCC3C2CC[C@@]2(C)C3CC[C@]23C[C@H]3c2ccccn2)C1. The van der Waals surface area contributed by atoms with E-state index in [4.69, 9.17) is 9.72 Å². The standard InChI is InChI=1S/C28H37NO2/c1-18(30)31-20-9-12-26(2)19(16-20)7-8-21-22(26)10-13-27(3)23(21)11-14-28(27)17-24(28)25-6-4-5-15-29-25/h4-7,15,20-24H,8-14,16-17H2,1-3H3/t20-,21?,22?,23?,24-,26-,27-,28+/m0/s1. The average Bonchev–Trinajstić information content (AvgIpc) is 3.42. The Morgan fingerprint density at radius 2 is 1.94 bits per heavy atom. The molecule has 0 aromatic carbocycles. The van der Waals surface area contributed by atoms with Crippen molar-refractivity contribution in [2.75, 3.05) is 0 Å². The maximum Gasteiger partial charge on any atom is 0.302 e. The molecule has 1 spiro atoms. The Balaban J connectivity index is 1.26. The highest BCUT2D eigenvalue weighted by Gasteiger charge is 2.72. The predicted octanol–water partition coefficient (Wildman–Crippen LogP) is 6.45. The molecule has 0 amide bonds. The van der Waals surface area contributed by atoms with Crippen molar-refractivity contribution in [3.8, 4) is 0 Å². The first-order valence-electron chi connectivity index (χ1n) is 12.6. The molecule has 3 nitrogen and oxygen atoms in total. The summed E-state index contributed by atoms with van der Waals surface area (Å²) in [6, 6.07) is 6.48. The number of pyridine rings is 1. The molecular weight excluding hydrogens is 382 g/mol. The van der Waals surface area contributed by atoms with Gasteiger partial charge in [0.1, 0.15) is 6.10 Å². The molecule has 31 heavy (non-hydrogen) atoms. The van der Waals surface area contributed by atoms with Crippen LogP contribution in [0.15, 0.2) is 36.0 Å². The van der Waals surface area contributed by atoms with Crippen molar-refractivity contribution >= 4 is 5.97 Å². The number of nitrogens with zero attached hydrogens (tertiary/aromatic N) is 1. The molecule has 1 aromatic rings. The fourth-order valence-corrected chi connectivity index (χ4v) is 9.31. The van der Waals surface area contributed by atoms with Crippen LogP contribution in [0.2, 0.25) is 0 Å². The van der Waals surface area contributed by atoms with E-state index in [0.29, 0.717) is 22.2 Å². The van der Waals surface area contributed by atoms with E-state index in [1.807, 2.05) is 12.3 Å². The Morgan fingerprint density at radius 1 is 1.10 bits per heavy atom. The topological polar surface area (TPSA) is 39.2 Å². The molecule has 4 saturated carbocycles. The zero-order chi connectivity index (χ0) is 21.4. The second-order valence-corrected chi connectivity index (χ2v) is 11.9. The van der Waals surface area contributed by atoms with Gasteiger partial charge in [-0.2, -0.15) is 0 Å². The van der Waals surface area contributed by atoms with Crippen LogP contribution in [0.5, 0.6) is 0 Å². The van der Waals surface area contributed by atoms with E-state index in [0.717, 1.165) is 30.6 Å². The monoisotopic (exact) mass is 419 g/mol. The molecule has 0 N–H and O–H groups in total. The Hall–Kier alpha value is -1.64. The lowest BCUT2D eigenvalue weighted by atomic mass is 9.47. The minimum atomic E-state index is -0.125. The van der Waals surface area contributed by atoms with E-state index in [1.165, 1.54) is 50.6 Å². The molecule has 8 atom stereocenters. The molecule has 0 radical (unpaired) electrons. The first-order valence-corrected chi connectivity index (χ1v) is 12.6. The van der Waals surface area contributed by atoms with Gasteiger partial charge in [0.05, 0.1) is 0 Å². The summed E-state index contributed by atoms with van der Waals surface area (Å²) >= 11 is 0. The van der Waals surface area contributed by atoms with Gasteiger partial charge in [-0.15, -0.1) is 0 Å². The number of aromatic nitrogens is 1. The number of rotatable bonds is 2. The van der Waals surface area contributed by atoms with E-state index in [2.05, 4.69) is 32.1 Å². The number of fused-ring (bicyclic) bond motifs is 6. The van der Waals surface area contributed by atoms with Crippen LogP contribution in [0.4, 0.5) is 0 Å². The molecule has 5 aliphatic rings. The second-order valence-electron chi connectivity index (χ2n) is 11.9. The molecule has 0 saturated heterocycles. The van der Waals surface area contributed by atoms with Gasteiger partial charge in [-0.1, -0.05) is 31.6 Å². The molecule has 3 unspecified atom stereocenters. The molecule has 3 heteroatoms. The summed E-state index contributed by atoms with van der Waals surface area (Å²) in [5.74, 6) is 3.07. The van der Waals surface area contributed by atoms with E-state index < -0.39 is 0 Å². The van der Waals surface area contributed by atoms with Gasteiger partial charge in [0.15, 0.2) is 0 Å². The third-order valence-corrected chi connectivity index (χ3v) is 10.9. The molecule has 5 aliphatic carbocycles. The molecule has 0 bridgehead atoms. The smallest absolute Gasteiger partial charge is 0.302 e. The van der Waals surface area contributed by atoms with E-state index in [9.17, 15) is 4.79 Å². The summed E-state index contributed by atoms with van der Waals surface area (Å²) < 4.78 is 5.61. The van der Waals surface area contributed by atoms with Crippen LogP contribution in [0.25, 0.3) is 0 Å². The lowest BCUT2D eigenvalue weighted by Crippen LogP contribution is -2.51. The van der Waals surface area contributed by atoms with Crippen molar-refractivity contribution in [2.24, 2.45) is 34.0 Å². The predicted molar refractivity (Wildman–Crippen MR) is 121 cm³/mol. The van der Waals surface area contributed by atoms with E-state index >= 15 is 0 Å². The highest BCUT2D eigenvalue weighted by atomic mass is 16.5. The van der Waals surface area contributed by atoms with Gasteiger partial charge >= 0.3 is 5.97 Å². The van der Waals surface area contributed by atoms with Crippen LogP contribution >= 0.6 is 0 Å². The summed E-state index contributed by atoms with van der Waals surface area (Å²) in [7, 11) is 0. The molecular formula is C28H37NO2. The summed E-state index contributed by atoms with van der Waals surface area (Å²) in [6.45, 7) is 6.75. The van der Waals surface area contributed by atoms with Gasteiger partial charge in [0.2, 0.25) is 0 Å². The van der Waals surface area contributed by atoms with Gasteiger partial charge in [0, 0.05) is 31.2 Å². The summed E-state index contributed by atoms with van der Waals surface area (Å²) in [5.41, 5.74) is 4.25. The van der Waals surface area contributed by atoms with Crippen molar-refractivity contribution < 1.29 is 9.53 Å². The van der Waals surface area contributed by atoms with Crippen LogP contribution in [0.1, 0.15) is 90.2 Å². The Morgan fingerprint density at radius 3 is 2.71 bits per heavy atom. The van der Waals surface area contributed by atoms with Gasteiger partial charge in [0.25, 0.3) is 0 Å². The molecule has 4 fully saturated rings. The van der Waals surface area contributed by atoms with E-state index in [1.54, 1.807) is 12.5 Å². The number of allylic oxidation sites excluding steroid dienone is 1. The van der Waals surface area contributed by atoms with Crippen molar-refractivity contribution in [3.63, 3.8) is 0 Å². The number of hydrogen-bond donors (Lipinski definition) is 0. The normalized spacial score (nSPS) is 47.7. The largest absolute Gasteiger partial charge is 0.462 e. The van der Waals surface area contributed by atoms with Crippen LogP contribution in [-0.4, -0.2) is 17.1 Å². The van der Waals surface area contributed by atoms with Crippen LogP contribution in [0.3, 0.4) is 0 Å². The van der Waals surface area contributed by atoms with Gasteiger partial charge < -0.3 is 4.74 Å². The van der Waals surface area contributed by atoms with Gasteiger partial charge in [-0.3, -0.25) is 9.78 Å². The fraction of sp³-hybridized carbons (Fsp3) is 0.714. The van der Waals surface area contributed by atoms with Gasteiger partial charge in [-0.05, 0) is 97.5 Å². The van der Waals surface area contributed by atoms with Crippen molar-refractivity contribution in [2.45, 2.75) is 90.6 Å². The fourth-order valence-electron chi connectivity index (χ4n) is 9.31. The first kappa shape index (κ1) is 20.0. The maximum atomic E-state index is 11.5. The summed E-state index contributed by atoms with van der Waals surface area (Å²) in [4.78, 5) is 16.2. The third-order valence-electron chi connectivity index (χ3n) is 10.9. The minimum absolute atomic E-state index is 0.0996. The maximum absolute atomic E-state index is 11.5. The van der Waals surface area contributed by atoms with Gasteiger partial charge in [-0.25, -0.2) is 0 Å². The quantitative estimate of drug-likeness (QED) is 0.408. The summed E-state index contributed by atoms with van der Waals surface area (Å²) in [5, 5.41) is 0. The lowest BCUT2D eigenvalue weighted by molar-refractivity contribution is -0.148. The first-order chi connectivity index (χ1) is 14.9. The van der Waals surface area contributed by atoms with Crippen molar-refractivity contribution in [3.05, 3.63) is 41.7 Å². The Bertz CT molecular complexity index is 924. The average molecular weight is 420 g/mol. The molecule has 6 rings (SSSR count). The number of ether oxygens (including phenoxy) is 1. The number of carbonyl (C=O) groups is 1. The van der Waals surface area contributed by atoms with Crippen molar-refractivity contribution in [1.82, 2.24) is 4.98 Å². The number of esters is 1. The molecule has 166 valence electrons. The van der Waals surface area contributed by atoms with Crippen LogP contribution in [-0.2, 0) is 9.53 Å². The highest BCUT2D eigenvalue weighted by Crippen LogP contribution is 2.81. The summed E-state index contributed by atoms with van der Waals surface area (Å²) in [6.07, 6.45) is 16.0.